The molecule has 0 saturated carbocycles. The average Bonchev–Trinajstić information content (AvgIpc) is 2.88. The smallest absolute Gasteiger partial charge is 0.243 e. The Morgan fingerprint density at radius 1 is 1.00 bits per heavy atom. The second-order valence-electron chi connectivity index (χ2n) is 8.90. The summed E-state index contributed by atoms with van der Waals surface area (Å²) in [6.07, 6.45) is 1.20. The predicted molar refractivity (Wildman–Crippen MR) is 159 cm³/mol. The number of carbonyl (C=O) groups excluding carboxylic acids is 2. The largest absolute Gasteiger partial charge is 0.352 e. The maximum atomic E-state index is 13.7. The zero-order chi connectivity index (χ0) is 26.8. The highest BCUT2D eigenvalue weighted by molar-refractivity contribution is 9.10. The van der Waals surface area contributed by atoms with Gasteiger partial charge in [0.1, 0.15) is 6.04 Å². The van der Waals surface area contributed by atoms with Crippen LogP contribution in [0.3, 0.4) is 0 Å². The van der Waals surface area contributed by atoms with Crippen LogP contribution in [0.5, 0.6) is 0 Å². The highest BCUT2D eigenvalue weighted by Crippen LogP contribution is 2.25. The second-order valence-corrected chi connectivity index (χ2v) is 11.6. The fourth-order valence-electron chi connectivity index (χ4n) is 3.75. The van der Waals surface area contributed by atoms with E-state index in [0.29, 0.717) is 22.2 Å². The first-order valence-corrected chi connectivity index (χ1v) is 14.9. The third-order valence-corrected chi connectivity index (χ3v) is 8.14. The Labute approximate surface area is 242 Å². The van der Waals surface area contributed by atoms with Crippen molar-refractivity contribution in [3.63, 3.8) is 0 Å². The Bertz CT molecular complexity index is 1180. The first kappa shape index (κ1) is 29.6. The molecule has 0 radical (unpaired) electrons. The van der Waals surface area contributed by atoms with Gasteiger partial charge in [-0.1, -0.05) is 94.6 Å². The Hall–Kier alpha value is -1.99. The lowest BCUT2D eigenvalue weighted by atomic mass is 10.0. The quantitative estimate of drug-likeness (QED) is 0.227. The summed E-state index contributed by atoms with van der Waals surface area (Å²) in [6.45, 7) is 4.19. The van der Waals surface area contributed by atoms with E-state index < -0.39 is 6.04 Å². The molecule has 37 heavy (non-hydrogen) atoms. The second kappa shape index (κ2) is 14.8. The molecule has 1 N–H and O–H groups in total. The van der Waals surface area contributed by atoms with Crippen LogP contribution in [0.1, 0.15) is 37.0 Å². The number of hydrogen-bond donors (Lipinski definition) is 1. The topological polar surface area (TPSA) is 49.4 Å². The number of nitrogens with zero attached hydrogens (tertiary/aromatic N) is 1. The number of amides is 2. The lowest BCUT2D eigenvalue weighted by Crippen LogP contribution is -2.52. The molecule has 0 spiro atoms. The van der Waals surface area contributed by atoms with E-state index in [0.717, 1.165) is 27.6 Å². The van der Waals surface area contributed by atoms with E-state index in [9.17, 15) is 9.59 Å². The molecule has 0 aliphatic heterocycles. The monoisotopic (exact) mass is 620 g/mol. The zero-order valence-electron chi connectivity index (χ0n) is 20.9. The van der Waals surface area contributed by atoms with E-state index in [1.165, 1.54) is 11.8 Å². The van der Waals surface area contributed by atoms with Gasteiger partial charge in [0, 0.05) is 39.3 Å². The molecular weight excluding hydrogens is 591 g/mol. The van der Waals surface area contributed by atoms with Crippen molar-refractivity contribution in [2.24, 2.45) is 0 Å². The first-order chi connectivity index (χ1) is 17.8. The third kappa shape index (κ3) is 9.36. The molecule has 0 saturated heterocycles. The number of thioether (sulfide) groups is 1. The number of benzene rings is 3. The Balaban J connectivity index is 1.88. The van der Waals surface area contributed by atoms with Crippen LogP contribution in [0.4, 0.5) is 0 Å². The summed E-state index contributed by atoms with van der Waals surface area (Å²) in [5.41, 5.74) is 2.85. The fraction of sp³-hybridized carbons (Fsp3) is 0.310. The van der Waals surface area contributed by atoms with Crippen LogP contribution in [0.25, 0.3) is 0 Å². The summed E-state index contributed by atoms with van der Waals surface area (Å²) in [5, 5.41) is 4.07. The summed E-state index contributed by atoms with van der Waals surface area (Å²) in [7, 11) is 0. The van der Waals surface area contributed by atoms with Crippen molar-refractivity contribution in [2.75, 3.05) is 5.75 Å². The predicted octanol–water partition coefficient (Wildman–Crippen LogP) is 7.54. The van der Waals surface area contributed by atoms with Gasteiger partial charge in [0.2, 0.25) is 11.8 Å². The maximum Gasteiger partial charge on any atom is 0.243 e. The van der Waals surface area contributed by atoms with Gasteiger partial charge in [-0.15, -0.1) is 11.8 Å². The van der Waals surface area contributed by atoms with Crippen molar-refractivity contribution in [3.05, 3.63) is 104 Å². The van der Waals surface area contributed by atoms with Crippen molar-refractivity contribution in [2.45, 2.75) is 51.1 Å². The molecule has 2 atom stereocenters. The van der Waals surface area contributed by atoms with E-state index in [4.69, 9.17) is 23.2 Å². The average molecular weight is 622 g/mol. The molecule has 0 aromatic heterocycles. The molecule has 0 aliphatic rings. The molecule has 2 unspecified atom stereocenters. The summed E-state index contributed by atoms with van der Waals surface area (Å²) in [6, 6.07) is 22.3. The summed E-state index contributed by atoms with van der Waals surface area (Å²) in [4.78, 5) is 28.9. The van der Waals surface area contributed by atoms with Crippen molar-refractivity contribution in [1.82, 2.24) is 10.2 Å². The van der Waals surface area contributed by atoms with Crippen LogP contribution >= 0.6 is 50.9 Å². The van der Waals surface area contributed by atoms with Gasteiger partial charge in [-0.2, -0.15) is 0 Å². The molecule has 0 fully saturated rings. The number of carbonyl (C=O) groups is 2. The van der Waals surface area contributed by atoms with Crippen molar-refractivity contribution < 1.29 is 9.59 Å². The van der Waals surface area contributed by atoms with Gasteiger partial charge in [-0.25, -0.2) is 0 Å². The molecule has 4 nitrogen and oxygen atoms in total. The van der Waals surface area contributed by atoms with E-state index in [2.05, 4.69) is 21.2 Å². The molecule has 0 aliphatic carbocycles. The van der Waals surface area contributed by atoms with Crippen LogP contribution in [0, 0.1) is 0 Å². The molecule has 3 aromatic rings. The molecule has 2 amide bonds. The van der Waals surface area contributed by atoms with Crippen molar-refractivity contribution in [3.8, 4) is 0 Å². The van der Waals surface area contributed by atoms with Crippen molar-refractivity contribution >= 4 is 62.7 Å². The Morgan fingerprint density at radius 3 is 2.35 bits per heavy atom. The van der Waals surface area contributed by atoms with Crippen molar-refractivity contribution in [1.29, 1.82) is 0 Å². The van der Waals surface area contributed by atoms with Crippen LogP contribution in [-0.2, 0) is 28.3 Å². The molecule has 0 bridgehead atoms. The highest BCUT2D eigenvalue weighted by atomic mass is 79.9. The number of halogens is 3. The first-order valence-electron chi connectivity index (χ1n) is 12.2. The SMILES string of the molecule is CCC(C)NC(=O)C(Cc1ccccc1)N(Cc1ccc(Cl)cc1Cl)C(=O)CSCc1ccc(Br)cc1. The van der Waals surface area contributed by atoms with Crippen LogP contribution in [0.15, 0.2) is 77.3 Å². The summed E-state index contributed by atoms with van der Waals surface area (Å²) < 4.78 is 1.01. The van der Waals surface area contributed by atoms with E-state index in [-0.39, 0.29) is 30.2 Å². The van der Waals surface area contributed by atoms with E-state index >= 15 is 0 Å². The third-order valence-electron chi connectivity index (χ3n) is 6.04. The molecule has 3 aromatic carbocycles. The molecule has 8 heteroatoms. The van der Waals surface area contributed by atoms with Gasteiger partial charge >= 0.3 is 0 Å². The molecular formula is C29H31BrCl2N2O2S. The van der Waals surface area contributed by atoms with Crippen LogP contribution < -0.4 is 5.32 Å². The minimum atomic E-state index is -0.691. The standard InChI is InChI=1S/C29H31BrCl2N2O2S/c1-3-20(2)33-29(36)27(15-21-7-5-4-6-8-21)34(17-23-11-14-25(31)16-26(23)32)28(35)19-37-18-22-9-12-24(30)13-10-22/h4-14,16,20,27H,3,15,17-19H2,1-2H3,(H,33,36). The Kier molecular flexibility index (Phi) is 11.8. The highest BCUT2D eigenvalue weighted by Gasteiger charge is 2.31. The van der Waals surface area contributed by atoms with Gasteiger partial charge in [-0.05, 0) is 54.3 Å². The van der Waals surface area contributed by atoms with Gasteiger partial charge in [0.15, 0.2) is 0 Å². The van der Waals surface area contributed by atoms with Gasteiger partial charge < -0.3 is 10.2 Å². The van der Waals surface area contributed by atoms with Gasteiger partial charge in [0.05, 0.1) is 5.75 Å². The van der Waals surface area contributed by atoms with Crippen LogP contribution in [0.2, 0.25) is 10.0 Å². The van der Waals surface area contributed by atoms with Gasteiger partial charge in [-0.3, -0.25) is 9.59 Å². The summed E-state index contributed by atoms with van der Waals surface area (Å²) >= 11 is 17.6. The lowest BCUT2D eigenvalue weighted by molar-refractivity contribution is -0.139. The maximum absolute atomic E-state index is 13.7. The number of rotatable bonds is 12. The summed E-state index contributed by atoms with van der Waals surface area (Å²) in [5.74, 6) is 0.642. The molecule has 196 valence electrons. The minimum Gasteiger partial charge on any atom is -0.352 e. The zero-order valence-corrected chi connectivity index (χ0v) is 24.8. The normalized spacial score (nSPS) is 12.6. The minimum absolute atomic E-state index is 0.00590. The lowest BCUT2D eigenvalue weighted by Gasteiger charge is -2.32. The fourth-order valence-corrected chi connectivity index (χ4v) is 5.35. The molecule has 3 rings (SSSR count). The van der Waals surface area contributed by atoms with E-state index in [1.807, 2.05) is 74.5 Å². The number of hydrogen-bond acceptors (Lipinski definition) is 3. The Morgan fingerprint density at radius 2 is 1.70 bits per heavy atom. The van der Waals surface area contributed by atoms with Gasteiger partial charge in [0.25, 0.3) is 0 Å². The van der Waals surface area contributed by atoms with E-state index in [1.54, 1.807) is 17.0 Å². The number of nitrogens with one attached hydrogen (secondary N) is 1. The molecule has 0 heterocycles. The van der Waals surface area contributed by atoms with Crippen LogP contribution in [-0.4, -0.2) is 34.6 Å².